The number of carbonyl (C=O) groups excluding carboxylic acids is 1. The number of amides is 1. The summed E-state index contributed by atoms with van der Waals surface area (Å²) in [6.45, 7) is 3.65. The fourth-order valence-corrected chi connectivity index (χ4v) is 4.71. The molecule has 2 atom stereocenters. The van der Waals surface area contributed by atoms with Crippen molar-refractivity contribution >= 4 is 17.2 Å². The van der Waals surface area contributed by atoms with Crippen molar-refractivity contribution in [2.75, 3.05) is 26.3 Å². The number of aliphatic hydroxyl groups excluding tert-OH is 2. The molecule has 0 radical (unpaired) electrons. The lowest BCUT2D eigenvalue weighted by Gasteiger charge is -2.56. The Balaban J connectivity index is 1.49. The highest BCUT2D eigenvalue weighted by Gasteiger charge is 2.56. The van der Waals surface area contributed by atoms with E-state index in [4.69, 9.17) is 9.84 Å². The normalized spacial score (nSPS) is 25.7. The van der Waals surface area contributed by atoms with Crippen LogP contribution in [-0.4, -0.2) is 64.5 Å². The van der Waals surface area contributed by atoms with Gasteiger partial charge in [0.25, 0.3) is 0 Å². The fourth-order valence-electron chi connectivity index (χ4n) is 3.93. The second-order valence-corrected chi connectivity index (χ2v) is 7.75. The first-order valence-corrected chi connectivity index (χ1v) is 9.52. The zero-order chi connectivity index (χ0) is 17.2. The first-order chi connectivity index (χ1) is 11.6. The maximum absolute atomic E-state index is 12.4. The molecule has 3 rings (SSSR count). The predicted octanol–water partition coefficient (Wildman–Crippen LogP) is 1.14. The van der Waals surface area contributed by atoms with Gasteiger partial charge < -0.3 is 19.8 Å². The molecule has 24 heavy (non-hydrogen) atoms. The summed E-state index contributed by atoms with van der Waals surface area (Å²) in [5, 5.41) is 19.1. The van der Waals surface area contributed by atoms with Gasteiger partial charge in [-0.05, 0) is 26.2 Å². The second kappa shape index (κ2) is 7.47. The van der Waals surface area contributed by atoms with Crippen LogP contribution in [0.4, 0.5) is 0 Å². The summed E-state index contributed by atoms with van der Waals surface area (Å²) in [5.41, 5.74) is 2.62. The van der Waals surface area contributed by atoms with Gasteiger partial charge in [0.05, 0.1) is 36.6 Å². The molecular weight excluding hydrogens is 328 g/mol. The van der Waals surface area contributed by atoms with Gasteiger partial charge in [0.2, 0.25) is 5.91 Å². The van der Waals surface area contributed by atoms with Crippen LogP contribution in [0.1, 0.15) is 36.3 Å². The summed E-state index contributed by atoms with van der Waals surface area (Å²) < 4.78 is 5.68. The van der Waals surface area contributed by atoms with Gasteiger partial charge in [-0.25, -0.2) is 4.98 Å². The highest BCUT2D eigenvalue weighted by atomic mass is 32.1. The summed E-state index contributed by atoms with van der Waals surface area (Å²) in [4.78, 5) is 19.8. The van der Waals surface area contributed by atoms with Crippen molar-refractivity contribution in [2.24, 2.45) is 5.41 Å². The number of likely N-dealkylation sites (tertiary alicyclic amines) is 1. The van der Waals surface area contributed by atoms with Crippen LogP contribution >= 0.6 is 11.3 Å². The monoisotopic (exact) mass is 354 g/mol. The third kappa shape index (κ3) is 3.35. The van der Waals surface area contributed by atoms with E-state index >= 15 is 0 Å². The molecule has 1 spiro atoms. The average molecular weight is 354 g/mol. The van der Waals surface area contributed by atoms with Gasteiger partial charge in [0, 0.05) is 36.2 Å². The Bertz CT molecular complexity index is 569. The zero-order valence-corrected chi connectivity index (χ0v) is 14.9. The van der Waals surface area contributed by atoms with E-state index in [1.54, 1.807) is 11.3 Å². The standard InChI is InChI=1S/C17H26N2O4S/c1-12-13(24-11-18-12)2-3-16(22)19-6-4-17(5-7-19)14(21)10-15(17)23-9-8-20/h11,14-15,20-21H,2-10H2,1H3/t14-,15+/m0/s1. The van der Waals surface area contributed by atoms with Crippen LogP contribution in [0.5, 0.6) is 0 Å². The van der Waals surface area contributed by atoms with E-state index in [0.29, 0.717) is 32.5 Å². The van der Waals surface area contributed by atoms with Gasteiger partial charge in [-0.2, -0.15) is 0 Å². The highest BCUT2D eigenvalue weighted by molar-refractivity contribution is 7.09. The van der Waals surface area contributed by atoms with Crippen molar-refractivity contribution < 1.29 is 19.7 Å². The first-order valence-electron chi connectivity index (χ1n) is 8.64. The van der Waals surface area contributed by atoms with E-state index in [-0.39, 0.29) is 30.1 Å². The number of hydrogen-bond donors (Lipinski definition) is 2. The molecule has 1 saturated carbocycles. The third-order valence-corrected chi connectivity index (χ3v) is 6.61. The Morgan fingerprint density at radius 2 is 2.25 bits per heavy atom. The second-order valence-electron chi connectivity index (χ2n) is 6.81. The molecule has 134 valence electrons. The van der Waals surface area contributed by atoms with Crippen molar-refractivity contribution in [2.45, 2.75) is 51.2 Å². The molecule has 0 aromatic carbocycles. The van der Waals surface area contributed by atoms with Crippen LogP contribution in [0.15, 0.2) is 5.51 Å². The molecule has 7 heteroatoms. The van der Waals surface area contributed by atoms with Crippen molar-refractivity contribution in [3.63, 3.8) is 0 Å². The van der Waals surface area contributed by atoms with E-state index in [1.165, 1.54) is 4.88 Å². The van der Waals surface area contributed by atoms with E-state index in [1.807, 2.05) is 17.3 Å². The zero-order valence-electron chi connectivity index (χ0n) is 14.1. The Labute approximate surface area is 146 Å². The Hall–Kier alpha value is -1.02. The number of thiazole rings is 1. The molecule has 2 fully saturated rings. The molecule has 2 N–H and O–H groups in total. The number of aliphatic hydroxyl groups is 2. The fraction of sp³-hybridized carbons (Fsp3) is 0.765. The van der Waals surface area contributed by atoms with Crippen molar-refractivity contribution in [3.8, 4) is 0 Å². The molecule has 2 heterocycles. The highest BCUT2D eigenvalue weighted by Crippen LogP contribution is 2.50. The summed E-state index contributed by atoms with van der Waals surface area (Å²) in [6, 6.07) is 0. The summed E-state index contributed by atoms with van der Waals surface area (Å²) in [7, 11) is 0. The SMILES string of the molecule is Cc1ncsc1CCC(=O)N1CCC2(CC1)[C@@H](O)C[C@H]2OCCO. The van der Waals surface area contributed by atoms with E-state index in [9.17, 15) is 9.90 Å². The number of carbonyl (C=O) groups is 1. The topological polar surface area (TPSA) is 82.9 Å². The minimum absolute atomic E-state index is 0.00425. The molecule has 1 saturated heterocycles. The molecule has 1 aromatic heterocycles. The molecule has 1 amide bonds. The number of rotatable bonds is 6. The molecule has 1 aromatic rings. The Kier molecular flexibility index (Phi) is 5.54. The van der Waals surface area contributed by atoms with Gasteiger partial charge in [-0.15, -0.1) is 11.3 Å². The summed E-state index contributed by atoms with van der Waals surface area (Å²) >= 11 is 1.61. The molecule has 2 aliphatic rings. The van der Waals surface area contributed by atoms with Gasteiger partial charge in [-0.1, -0.05) is 0 Å². The van der Waals surface area contributed by atoms with Gasteiger partial charge in [0.1, 0.15) is 0 Å². The van der Waals surface area contributed by atoms with E-state index in [0.717, 1.165) is 25.0 Å². The predicted molar refractivity (Wildman–Crippen MR) is 90.9 cm³/mol. The van der Waals surface area contributed by atoms with Crippen LogP contribution < -0.4 is 0 Å². The van der Waals surface area contributed by atoms with E-state index < -0.39 is 0 Å². The summed E-state index contributed by atoms with van der Waals surface area (Å²) in [5.74, 6) is 0.180. The number of piperidine rings is 1. The number of nitrogens with zero attached hydrogens (tertiary/aromatic N) is 2. The molecule has 1 aliphatic heterocycles. The molecule has 1 aliphatic carbocycles. The lowest BCUT2D eigenvalue weighted by atomic mass is 9.58. The van der Waals surface area contributed by atoms with Crippen LogP contribution in [0.25, 0.3) is 0 Å². The van der Waals surface area contributed by atoms with Gasteiger partial charge in [-0.3, -0.25) is 4.79 Å². The lowest BCUT2D eigenvalue weighted by Crippen LogP contribution is -2.62. The number of hydrogen-bond acceptors (Lipinski definition) is 6. The van der Waals surface area contributed by atoms with Crippen LogP contribution in [0, 0.1) is 12.3 Å². The third-order valence-electron chi connectivity index (χ3n) is 5.61. The van der Waals surface area contributed by atoms with Crippen molar-refractivity contribution in [1.82, 2.24) is 9.88 Å². The van der Waals surface area contributed by atoms with Crippen LogP contribution in [-0.2, 0) is 16.0 Å². The quantitative estimate of drug-likeness (QED) is 0.800. The molecule has 0 unspecified atom stereocenters. The molecule has 6 nitrogen and oxygen atoms in total. The maximum atomic E-state index is 12.4. The number of ether oxygens (including phenoxy) is 1. The van der Waals surface area contributed by atoms with Crippen LogP contribution in [0.3, 0.4) is 0 Å². The van der Waals surface area contributed by atoms with Crippen LogP contribution in [0.2, 0.25) is 0 Å². The average Bonchev–Trinajstić information content (AvgIpc) is 3.01. The lowest BCUT2D eigenvalue weighted by molar-refractivity contribution is -0.213. The first kappa shape index (κ1) is 17.8. The number of aromatic nitrogens is 1. The Morgan fingerprint density at radius 1 is 1.50 bits per heavy atom. The maximum Gasteiger partial charge on any atom is 0.222 e. The van der Waals surface area contributed by atoms with Gasteiger partial charge in [0.15, 0.2) is 0 Å². The molecule has 0 bridgehead atoms. The van der Waals surface area contributed by atoms with Crippen molar-refractivity contribution in [1.29, 1.82) is 0 Å². The number of aryl methyl sites for hydroxylation is 2. The smallest absolute Gasteiger partial charge is 0.222 e. The van der Waals surface area contributed by atoms with Crippen molar-refractivity contribution in [3.05, 3.63) is 16.1 Å². The largest absolute Gasteiger partial charge is 0.394 e. The molecular formula is C17H26N2O4S. The van der Waals surface area contributed by atoms with Gasteiger partial charge >= 0.3 is 0 Å². The summed E-state index contributed by atoms with van der Waals surface area (Å²) in [6.07, 6.45) is 3.12. The minimum atomic E-state index is -0.349. The Morgan fingerprint density at radius 3 is 2.83 bits per heavy atom. The minimum Gasteiger partial charge on any atom is -0.394 e. The van der Waals surface area contributed by atoms with E-state index in [2.05, 4.69) is 4.98 Å².